The van der Waals surface area contributed by atoms with Crippen LogP contribution in [0.4, 0.5) is 0 Å². The Morgan fingerprint density at radius 1 is 0.810 bits per heavy atom. The van der Waals surface area contributed by atoms with Crippen molar-refractivity contribution in [3.8, 4) is 12.8 Å². The highest BCUT2D eigenvalue weighted by atomic mass is 14.4. The molecule has 1 nitrogen and oxygen atoms in total. The fraction of sp³-hybridized carbons (Fsp3) is 0.300. The fourth-order valence-corrected chi connectivity index (χ4v) is 1.61. The molecule has 21 heavy (non-hydrogen) atoms. The first-order valence-corrected chi connectivity index (χ1v) is 7.12. The largest absolute Gasteiger partial charge is 0.333 e. The Morgan fingerprint density at radius 3 is 1.67 bits per heavy atom. The van der Waals surface area contributed by atoms with E-state index in [1.54, 1.807) is 0 Å². The molecule has 0 saturated carbocycles. The molecule has 2 N–H and O–H groups in total. The second-order valence-electron chi connectivity index (χ2n) is 4.43. The second kappa shape index (κ2) is 14.4. The van der Waals surface area contributed by atoms with E-state index in [1.165, 1.54) is 29.3 Å². The van der Waals surface area contributed by atoms with Gasteiger partial charge in [-0.15, -0.1) is 12.8 Å². The van der Waals surface area contributed by atoms with Crippen LogP contribution in [-0.4, -0.2) is 7.05 Å². The van der Waals surface area contributed by atoms with Crippen molar-refractivity contribution in [3.63, 3.8) is 0 Å². The minimum Gasteiger partial charge on any atom is -0.333 e. The first-order chi connectivity index (χ1) is 10.1. The van der Waals surface area contributed by atoms with E-state index in [0.29, 0.717) is 0 Å². The summed E-state index contributed by atoms with van der Waals surface area (Å²) in [6.45, 7) is 8.55. The van der Waals surface area contributed by atoms with Crippen molar-refractivity contribution in [2.24, 2.45) is 5.73 Å². The lowest BCUT2D eigenvalue weighted by Gasteiger charge is -1.98. The molecule has 0 aromatic heterocycles. The normalized spacial score (nSPS) is 8.00. The highest BCUT2D eigenvalue weighted by molar-refractivity contribution is 5.28. The summed E-state index contributed by atoms with van der Waals surface area (Å²) in [5, 5.41) is 0. The molecule has 0 bridgehead atoms. The number of rotatable bonds is 1. The monoisotopic (exact) mass is 283 g/mol. The van der Waals surface area contributed by atoms with Crippen LogP contribution >= 0.6 is 0 Å². The van der Waals surface area contributed by atoms with Crippen LogP contribution in [-0.2, 0) is 6.42 Å². The molecular weight excluding hydrogens is 254 g/mol. The molecule has 0 heterocycles. The summed E-state index contributed by atoms with van der Waals surface area (Å²) in [6, 6.07) is 17.0. The number of hydrogen-bond donors (Lipinski definition) is 1. The Labute approximate surface area is 131 Å². The van der Waals surface area contributed by atoms with Gasteiger partial charge in [-0.1, -0.05) is 61.0 Å². The van der Waals surface area contributed by atoms with Crippen molar-refractivity contribution in [1.29, 1.82) is 0 Å². The van der Waals surface area contributed by atoms with E-state index in [-0.39, 0.29) is 0 Å². The van der Waals surface area contributed by atoms with Gasteiger partial charge in [0.2, 0.25) is 0 Å². The zero-order valence-corrected chi connectivity index (χ0v) is 14.1. The molecule has 0 aliphatic rings. The van der Waals surface area contributed by atoms with Gasteiger partial charge in [0.05, 0.1) is 0 Å². The molecule has 0 radical (unpaired) electrons. The van der Waals surface area contributed by atoms with Gasteiger partial charge in [-0.3, -0.25) is 0 Å². The molecule has 0 aliphatic heterocycles. The molecule has 2 rings (SSSR count). The molecule has 0 saturated heterocycles. The predicted octanol–water partition coefficient (Wildman–Crippen LogP) is 4.69. The number of aryl methyl sites for hydroxylation is 4. The lowest BCUT2D eigenvalue weighted by Crippen LogP contribution is -1.79. The van der Waals surface area contributed by atoms with Crippen molar-refractivity contribution in [2.75, 3.05) is 7.05 Å². The molecule has 1 heteroatoms. The van der Waals surface area contributed by atoms with Crippen molar-refractivity contribution < 1.29 is 0 Å². The maximum absolute atomic E-state index is 4.50. The third kappa shape index (κ3) is 10.4. The van der Waals surface area contributed by atoms with E-state index >= 15 is 0 Å². The van der Waals surface area contributed by atoms with Crippen LogP contribution < -0.4 is 5.73 Å². The van der Waals surface area contributed by atoms with Crippen LogP contribution in [0.2, 0.25) is 0 Å². The van der Waals surface area contributed by atoms with E-state index in [9.17, 15) is 0 Å². The third-order valence-corrected chi connectivity index (χ3v) is 2.91. The van der Waals surface area contributed by atoms with Crippen molar-refractivity contribution in [3.05, 3.63) is 70.8 Å². The highest BCUT2D eigenvalue weighted by Crippen LogP contribution is 2.07. The Bertz CT molecular complexity index is 484. The third-order valence-electron chi connectivity index (χ3n) is 2.91. The molecule has 2 aromatic rings. The van der Waals surface area contributed by atoms with Gasteiger partial charge in [-0.05, 0) is 50.9 Å². The van der Waals surface area contributed by atoms with E-state index in [2.05, 4.69) is 88.7 Å². The quantitative estimate of drug-likeness (QED) is 0.755. The van der Waals surface area contributed by atoms with Gasteiger partial charge in [-0.2, -0.15) is 0 Å². The minimum absolute atomic E-state index is 1.14. The van der Waals surface area contributed by atoms with Gasteiger partial charge in [0.15, 0.2) is 0 Å². The van der Waals surface area contributed by atoms with Crippen molar-refractivity contribution in [2.45, 2.75) is 34.1 Å². The maximum Gasteiger partial charge on any atom is -0.0195 e. The topological polar surface area (TPSA) is 26.0 Å². The standard InChI is InChI=1S/C9H12.C8H10.C2H2.CH5N/c1-7-4-5-8(2)9(3)6-7;1-2-8-6-4-3-5-7-8;2*1-2/h4-6H,1-3H3;3-7H,2H2,1H3;1-2H;2H2,1H3. The van der Waals surface area contributed by atoms with Gasteiger partial charge in [0.1, 0.15) is 0 Å². The van der Waals surface area contributed by atoms with E-state index in [4.69, 9.17) is 0 Å². The van der Waals surface area contributed by atoms with Gasteiger partial charge < -0.3 is 5.73 Å². The number of terminal acetylenes is 1. The van der Waals surface area contributed by atoms with Gasteiger partial charge in [0, 0.05) is 0 Å². The average molecular weight is 283 g/mol. The van der Waals surface area contributed by atoms with Crippen LogP contribution in [0.3, 0.4) is 0 Å². The van der Waals surface area contributed by atoms with Gasteiger partial charge in [0.25, 0.3) is 0 Å². The second-order valence-corrected chi connectivity index (χ2v) is 4.43. The van der Waals surface area contributed by atoms with Crippen molar-refractivity contribution in [1.82, 2.24) is 0 Å². The van der Waals surface area contributed by atoms with Crippen LogP contribution in [0.5, 0.6) is 0 Å². The lowest BCUT2D eigenvalue weighted by atomic mass is 10.1. The Balaban J connectivity index is 0. The molecule has 0 aliphatic carbocycles. The Kier molecular flexibility index (Phi) is 14.5. The summed E-state index contributed by atoms with van der Waals surface area (Å²) >= 11 is 0. The zero-order valence-electron chi connectivity index (χ0n) is 14.1. The van der Waals surface area contributed by atoms with Crippen LogP contribution in [0.25, 0.3) is 0 Å². The number of benzene rings is 2. The molecule has 0 spiro atoms. The number of nitrogens with two attached hydrogens (primary N) is 1. The zero-order chi connectivity index (χ0) is 16.7. The SMILES string of the molecule is C#C.CCc1ccccc1.CN.Cc1ccc(C)c(C)c1. The molecule has 114 valence electrons. The van der Waals surface area contributed by atoms with E-state index in [0.717, 1.165) is 6.42 Å². The average Bonchev–Trinajstić information content (AvgIpc) is 2.56. The summed E-state index contributed by atoms with van der Waals surface area (Å²) in [4.78, 5) is 0. The van der Waals surface area contributed by atoms with E-state index < -0.39 is 0 Å². The first kappa shape index (κ1) is 21.3. The van der Waals surface area contributed by atoms with Crippen LogP contribution in [0.1, 0.15) is 29.2 Å². The van der Waals surface area contributed by atoms with Crippen molar-refractivity contribution >= 4 is 0 Å². The highest BCUT2D eigenvalue weighted by Gasteiger charge is 1.89. The molecule has 2 aromatic carbocycles. The van der Waals surface area contributed by atoms with Gasteiger partial charge >= 0.3 is 0 Å². The summed E-state index contributed by atoms with van der Waals surface area (Å²) in [5.41, 5.74) is 10.0. The summed E-state index contributed by atoms with van der Waals surface area (Å²) in [6.07, 6.45) is 9.14. The minimum atomic E-state index is 1.14. The fourth-order valence-electron chi connectivity index (χ4n) is 1.61. The predicted molar refractivity (Wildman–Crippen MR) is 96.5 cm³/mol. The van der Waals surface area contributed by atoms with Gasteiger partial charge in [-0.25, -0.2) is 0 Å². The molecular formula is C20H29N. The number of hydrogen-bond acceptors (Lipinski definition) is 1. The molecule has 0 atom stereocenters. The van der Waals surface area contributed by atoms with Crippen LogP contribution in [0.15, 0.2) is 48.5 Å². The first-order valence-electron chi connectivity index (χ1n) is 7.12. The summed E-state index contributed by atoms with van der Waals surface area (Å²) in [7, 11) is 1.50. The Morgan fingerprint density at radius 2 is 1.33 bits per heavy atom. The maximum atomic E-state index is 4.50. The smallest absolute Gasteiger partial charge is 0.0195 e. The lowest BCUT2D eigenvalue weighted by molar-refractivity contribution is 1.14. The summed E-state index contributed by atoms with van der Waals surface area (Å²) < 4.78 is 0. The van der Waals surface area contributed by atoms with E-state index in [1.807, 2.05) is 6.07 Å². The molecule has 0 fully saturated rings. The Hall–Kier alpha value is -2.04. The summed E-state index contributed by atoms with van der Waals surface area (Å²) in [5.74, 6) is 0. The van der Waals surface area contributed by atoms with Crippen LogP contribution in [0, 0.1) is 33.6 Å². The molecule has 0 amide bonds. The molecule has 0 unspecified atom stereocenters.